The first-order valence-electron chi connectivity index (χ1n) is 10.5. The Hall–Kier alpha value is -3.08. The Labute approximate surface area is 220 Å². The summed E-state index contributed by atoms with van der Waals surface area (Å²) in [7, 11) is 0. The Morgan fingerprint density at radius 1 is 0.917 bits per heavy atom. The van der Waals surface area contributed by atoms with Gasteiger partial charge >= 0.3 is 166 Å². The number of rotatable bonds is 17. The molecule has 0 unspecified atom stereocenters. The van der Waals surface area contributed by atoms with Crippen LogP contribution in [-0.2, 0) is 28.8 Å². The van der Waals surface area contributed by atoms with Crippen LogP contribution in [0.5, 0.6) is 0 Å². The SMILES string of the molecule is N=C(N)NCCC[C@H](NC(=O)[C@@H](N)C[SeH])C(=O)NCC(=O)N[C@@H](CC(=O)O)C(=O)N[C@@H](CS)C(=O)O. The maximum absolute atomic E-state index is 12.6. The second-order valence-corrected chi connectivity index (χ2v) is 8.48. The first-order valence-corrected chi connectivity index (χ1v) is 12.5. The molecule has 0 fully saturated rings. The van der Waals surface area contributed by atoms with Crippen LogP contribution in [0.4, 0.5) is 0 Å². The van der Waals surface area contributed by atoms with Crippen LogP contribution < -0.4 is 38.1 Å². The van der Waals surface area contributed by atoms with Crippen LogP contribution in [0.25, 0.3) is 0 Å². The van der Waals surface area contributed by atoms with Crippen molar-refractivity contribution in [3.05, 3.63) is 0 Å². The first kappa shape index (κ1) is 32.9. The van der Waals surface area contributed by atoms with Gasteiger partial charge in [0, 0.05) is 5.75 Å². The summed E-state index contributed by atoms with van der Waals surface area (Å²) >= 11 is 5.93. The van der Waals surface area contributed by atoms with Crippen molar-refractivity contribution in [1.29, 1.82) is 5.41 Å². The van der Waals surface area contributed by atoms with Crippen LogP contribution >= 0.6 is 12.6 Å². The molecule has 12 N–H and O–H groups in total. The molecule has 0 saturated heterocycles. The zero-order valence-electron chi connectivity index (χ0n) is 19.2. The van der Waals surface area contributed by atoms with E-state index in [1.54, 1.807) is 0 Å². The van der Waals surface area contributed by atoms with Crippen molar-refractivity contribution in [3.63, 3.8) is 0 Å². The number of guanidine groups is 1. The molecule has 204 valence electrons. The van der Waals surface area contributed by atoms with Crippen molar-refractivity contribution >= 4 is 70.2 Å². The second kappa shape index (κ2) is 17.4. The molecular weight excluding hydrogens is 567 g/mol. The van der Waals surface area contributed by atoms with E-state index >= 15 is 0 Å². The van der Waals surface area contributed by atoms with E-state index in [1.807, 2.05) is 0 Å². The topological polar surface area (TPSA) is 279 Å². The van der Waals surface area contributed by atoms with E-state index in [0.717, 1.165) is 0 Å². The average Bonchev–Trinajstić information content (AvgIpc) is 2.80. The summed E-state index contributed by atoms with van der Waals surface area (Å²) < 4.78 is 0. The Morgan fingerprint density at radius 3 is 2.03 bits per heavy atom. The Morgan fingerprint density at radius 2 is 1.53 bits per heavy atom. The maximum atomic E-state index is 12.6. The quantitative estimate of drug-likeness (QED) is 0.0247. The van der Waals surface area contributed by atoms with E-state index in [4.69, 9.17) is 27.1 Å². The van der Waals surface area contributed by atoms with Gasteiger partial charge in [-0.2, -0.15) is 12.6 Å². The third kappa shape index (κ3) is 13.7. The van der Waals surface area contributed by atoms with Crippen LogP contribution in [0.3, 0.4) is 0 Å². The Balaban J connectivity index is 5.15. The molecule has 0 aliphatic heterocycles. The van der Waals surface area contributed by atoms with E-state index in [1.165, 1.54) is 0 Å². The van der Waals surface area contributed by atoms with E-state index in [9.17, 15) is 28.8 Å². The van der Waals surface area contributed by atoms with Gasteiger partial charge in [-0.3, -0.25) is 9.59 Å². The molecule has 0 heterocycles. The van der Waals surface area contributed by atoms with Crippen molar-refractivity contribution in [3.8, 4) is 0 Å². The van der Waals surface area contributed by atoms with Gasteiger partial charge in [0.2, 0.25) is 0 Å². The number of carboxylic acid groups (broad SMARTS) is 2. The molecule has 0 bridgehead atoms. The predicted octanol–water partition coefficient (Wildman–Crippen LogP) is -5.04. The normalized spacial score (nSPS) is 13.8. The summed E-state index contributed by atoms with van der Waals surface area (Å²) in [6.45, 7) is -0.437. The third-order valence-corrected chi connectivity index (χ3v) is 5.59. The van der Waals surface area contributed by atoms with E-state index < -0.39 is 72.7 Å². The van der Waals surface area contributed by atoms with Crippen LogP contribution in [0.2, 0.25) is 5.32 Å². The van der Waals surface area contributed by atoms with E-state index in [2.05, 4.69) is 55.2 Å². The molecule has 18 heteroatoms. The molecule has 0 aromatic rings. The summed E-state index contributed by atoms with van der Waals surface area (Å²) in [6, 6.07) is -5.01. The van der Waals surface area contributed by atoms with E-state index in [-0.39, 0.29) is 30.0 Å². The van der Waals surface area contributed by atoms with Gasteiger partial charge in [0.05, 0.1) is 0 Å². The molecule has 0 spiro atoms. The van der Waals surface area contributed by atoms with Gasteiger partial charge in [-0.15, -0.1) is 0 Å². The molecule has 0 radical (unpaired) electrons. The van der Waals surface area contributed by atoms with Crippen LogP contribution in [0.1, 0.15) is 19.3 Å². The van der Waals surface area contributed by atoms with Crippen molar-refractivity contribution < 1.29 is 39.0 Å². The van der Waals surface area contributed by atoms with Gasteiger partial charge < -0.3 is 15.5 Å². The zero-order chi connectivity index (χ0) is 27.8. The minimum Gasteiger partial charge on any atom is -0.481 e. The number of hydrogen-bond donors (Lipinski definition) is 11. The summed E-state index contributed by atoms with van der Waals surface area (Å²) in [5, 5.41) is 36.9. The summed E-state index contributed by atoms with van der Waals surface area (Å²) in [4.78, 5) is 71.4. The average molecular weight is 600 g/mol. The molecule has 0 aliphatic carbocycles. The summed E-state index contributed by atoms with van der Waals surface area (Å²) in [6.07, 6.45) is -0.424. The van der Waals surface area contributed by atoms with Gasteiger partial charge in [-0.1, -0.05) is 0 Å². The second-order valence-electron chi connectivity index (χ2n) is 7.35. The van der Waals surface area contributed by atoms with Gasteiger partial charge in [0.25, 0.3) is 0 Å². The standard InChI is InChI=1S/C18H32N8O8SSe/c19-8(7-36)14(30)25-9(2-1-3-22-18(20)21)15(31)23-5-12(27)24-10(4-13(28)29)16(32)26-11(6-35)17(33)34/h8-11,35-36H,1-7,19H2,(H,23,31)(H,24,27)(H,25,30)(H,26,32)(H,28,29)(H,33,34)(H4,20,21,22)/t8-,9-,10-,11-/m0/s1. The van der Waals surface area contributed by atoms with Crippen LogP contribution in [0, 0.1) is 5.41 Å². The monoisotopic (exact) mass is 600 g/mol. The van der Waals surface area contributed by atoms with Crippen LogP contribution in [0.15, 0.2) is 0 Å². The number of hydrogen-bond acceptors (Lipinski definition) is 9. The van der Waals surface area contributed by atoms with Crippen molar-refractivity contribution in [2.24, 2.45) is 11.5 Å². The number of carboxylic acids is 2. The number of nitrogens with two attached hydrogens (primary N) is 2. The van der Waals surface area contributed by atoms with Gasteiger partial charge in [-0.05, 0) is 0 Å². The fourth-order valence-corrected chi connectivity index (χ4v) is 3.13. The molecule has 0 aliphatic rings. The molecule has 36 heavy (non-hydrogen) atoms. The fraction of sp³-hybridized carbons (Fsp3) is 0.611. The number of thiol groups is 1. The molecule has 0 aromatic heterocycles. The van der Waals surface area contributed by atoms with Crippen LogP contribution in [-0.4, -0.2) is 111 Å². The van der Waals surface area contributed by atoms with Crippen molar-refractivity contribution in [2.45, 2.75) is 48.7 Å². The van der Waals surface area contributed by atoms with Crippen molar-refractivity contribution in [2.75, 3.05) is 18.8 Å². The van der Waals surface area contributed by atoms with Gasteiger partial charge in [0.1, 0.15) is 6.04 Å². The molecule has 0 aromatic carbocycles. The molecule has 4 atom stereocenters. The predicted molar refractivity (Wildman–Crippen MR) is 132 cm³/mol. The minimum absolute atomic E-state index is 0.106. The first-order chi connectivity index (χ1) is 16.8. The van der Waals surface area contributed by atoms with Gasteiger partial charge in [0.15, 0.2) is 0 Å². The number of carbonyl (C=O) groups is 6. The smallest absolute Gasteiger partial charge is 0.481 e. The summed E-state index contributed by atoms with van der Waals surface area (Å²) in [5.74, 6) is -6.74. The van der Waals surface area contributed by atoms with Gasteiger partial charge in [-0.25, -0.2) is 4.79 Å². The molecule has 0 saturated carbocycles. The zero-order valence-corrected chi connectivity index (χ0v) is 21.9. The minimum atomic E-state index is -1.62. The molecule has 16 nitrogen and oxygen atoms in total. The summed E-state index contributed by atoms with van der Waals surface area (Å²) in [5.41, 5.74) is 10.9. The number of carbonyl (C=O) groups excluding carboxylic acids is 4. The molecular formula is C18H32N8O8SSe. The molecule has 0 rings (SSSR count). The Kier molecular flexibility index (Phi) is 15.9. The van der Waals surface area contributed by atoms with Crippen molar-refractivity contribution in [1.82, 2.24) is 26.6 Å². The number of nitrogens with one attached hydrogen (secondary N) is 6. The third-order valence-electron chi connectivity index (χ3n) is 4.40. The van der Waals surface area contributed by atoms with E-state index in [0.29, 0.717) is 6.42 Å². The molecule has 4 amide bonds. The number of aliphatic carboxylic acids is 2. The number of amides is 4. The fourth-order valence-electron chi connectivity index (χ4n) is 2.54. The Bertz CT molecular complexity index is 833.